The lowest BCUT2D eigenvalue weighted by atomic mass is 9.95. The third-order valence-corrected chi connectivity index (χ3v) is 4.48. The minimum absolute atomic E-state index is 0.233. The van der Waals surface area contributed by atoms with Gasteiger partial charge in [0, 0.05) is 5.57 Å². The molecule has 0 aromatic heterocycles. The molecule has 0 spiro atoms. The fraction of sp³-hybridized carbons (Fsp3) is 0.857. The van der Waals surface area contributed by atoms with E-state index in [0.717, 1.165) is 0 Å². The molecule has 0 amide bonds. The summed E-state index contributed by atoms with van der Waals surface area (Å²) in [5.41, 5.74) is 0.505. The molecular formula is C21H40O2. The van der Waals surface area contributed by atoms with Crippen LogP contribution >= 0.6 is 0 Å². The van der Waals surface area contributed by atoms with Crippen molar-refractivity contribution in [2.45, 2.75) is 104 Å². The molecule has 0 heterocycles. The topological polar surface area (TPSA) is 26.3 Å². The molecule has 0 radical (unpaired) electrons. The zero-order valence-corrected chi connectivity index (χ0v) is 16.0. The summed E-state index contributed by atoms with van der Waals surface area (Å²) in [6.07, 6.45) is 16.9. The molecular weight excluding hydrogens is 284 g/mol. The second-order valence-electron chi connectivity index (χ2n) is 7.00. The van der Waals surface area contributed by atoms with Gasteiger partial charge < -0.3 is 4.74 Å². The molecule has 0 aromatic carbocycles. The molecule has 0 N–H and O–H groups in total. The van der Waals surface area contributed by atoms with E-state index in [1.165, 1.54) is 83.5 Å². The molecule has 0 aliphatic carbocycles. The second-order valence-corrected chi connectivity index (χ2v) is 7.00. The van der Waals surface area contributed by atoms with Crippen molar-refractivity contribution in [3.05, 3.63) is 12.2 Å². The van der Waals surface area contributed by atoms with Crippen molar-refractivity contribution in [3.8, 4) is 0 Å². The number of esters is 1. The van der Waals surface area contributed by atoms with Gasteiger partial charge in [-0.05, 0) is 25.7 Å². The minimum atomic E-state index is -0.233. The Kier molecular flexibility index (Phi) is 15.5. The molecule has 0 aliphatic heterocycles. The van der Waals surface area contributed by atoms with Crippen LogP contribution in [0.5, 0.6) is 0 Å². The van der Waals surface area contributed by atoms with Gasteiger partial charge in [-0.1, -0.05) is 91.1 Å². The van der Waals surface area contributed by atoms with E-state index in [4.69, 9.17) is 4.74 Å². The maximum atomic E-state index is 11.6. The van der Waals surface area contributed by atoms with Gasteiger partial charge in [-0.3, -0.25) is 0 Å². The van der Waals surface area contributed by atoms with Crippen molar-refractivity contribution >= 4 is 5.97 Å². The number of carbonyl (C=O) groups is 1. The Balaban J connectivity index is 3.91. The molecule has 136 valence electrons. The first-order valence-corrected chi connectivity index (χ1v) is 9.94. The predicted octanol–water partition coefficient (Wildman–Crippen LogP) is 6.83. The standard InChI is InChI=1S/C21H40O2/c1-5-7-9-11-12-13-15-17-20(16-14-10-8-6-2)18-23-21(22)19(3)4/h20H,3,5-18H2,1-2,4H3. The third-order valence-electron chi connectivity index (χ3n) is 4.48. The van der Waals surface area contributed by atoms with Gasteiger partial charge in [0.1, 0.15) is 0 Å². The first-order chi connectivity index (χ1) is 11.1. The first kappa shape index (κ1) is 22.2. The average Bonchev–Trinajstić information content (AvgIpc) is 2.54. The Morgan fingerprint density at radius 2 is 1.26 bits per heavy atom. The van der Waals surface area contributed by atoms with Crippen LogP contribution in [-0.2, 0) is 9.53 Å². The van der Waals surface area contributed by atoms with Crippen molar-refractivity contribution in [1.29, 1.82) is 0 Å². The van der Waals surface area contributed by atoms with E-state index in [2.05, 4.69) is 20.4 Å². The first-order valence-electron chi connectivity index (χ1n) is 9.94. The van der Waals surface area contributed by atoms with Gasteiger partial charge in [0.05, 0.1) is 6.61 Å². The monoisotopic (exact) mass is 324 g/mol. The maximum Gasteiger partial charge on any atom is 0.333 e. The average molecular weight is 325 g/mol. The van der Waals surface area contributed by atoms with Crippen LogP contribution in [0.1, 0.15) is 104 Å². The van der Waals surface area contributed by atoms with E-state index in [-0.39, 0.29) is 5.97 Å². The minimum Gasteiger partial charge on any atom is -0.462 e. The van der Waals surface area contributed by atoms with E-state index in [0.29, 0.717) is 18.1 Å². The van der Waals surface area contributed by atoms with Crippen LogP contribution in [0.4, 0.5) is 0 Å². The quantitative estimate of drug-likeness (QED) is 0.177. The van der Waals surface area contributed by atoms with Gasteiger partial charge in [-0.25, -0.2) is 4.79 Å². The lowest BCUT2D eigenvalue weighted by Crippen LogP contribution is -2.15. The van der Waals surface area contributed by atoms with Crippen LogP contribution in [0.15, 0.2) is 12.2 Å². The molecule has 0 rings (SSSR count). The fourth-order valence-corrected chi connectivity index (χ4v) is 2.88. The van der Waals surface area contributed by atoms with Crippen molar-refractivity contribution < 1.29 is 9.53 Å². The Morgan fingerprint density at radius 3 is 1.74 bits per heavy atom. The fourth-order valence-electron chi connectivity index (χ4n) is 2.88. The van der Waals surface area contributed by atoms with Crippen LogP contribution in [0, 0.1) is 5.92 Å². The van der Waals surface area contributed by atoms with Crippen molar-refractivity contribution in [1.82, 2.24) is 0 Å². The summed E-state index contributed by atoms with van der Waals surface area (Å²) in [4.78, 5) is 11.6. The molecule has 2 nitrogen and oxygen atoms in total. The molecule has 23 heavy (non-hydrogen) atoms. The predicted molar refractivity (Wildman–Crippen MR) is 101 cm³/mol. The molecule has 2 heteroatoms. The van der Waals surface area contributed by atoms with Crippen LogP contribution in [0.3, 0.4) is 0 Å². The summed E-state index contributed by atoms with van der Waals surface area (Å²) in [7, 11) is 0. The largest absolute Gasteiger partial charge is 0.462 e. The molecule has 1 unspecified atom stereocenters. The van der Waals surface area contributed by atoms with E-state index in [1.807, 2.05) is 0 Å². The molecule has 0 saturated carbocycles. The number of hydrogen-bond donors (Lipinski definition) is 0. The van der Waals surface area contributed by atoms with Gasteiger partial charge in [-0.2, -0.15) is 0 Å². The number of rotatable bonds is 16. The molecule has 0 aromatic rings. The van der Waals surface area contributed by atoms with Crippen molar-refractivity contribution in [2.75, 3.05) is 6.61 Å². The highest BCUT2D eigenvalue weighted by atomic mass is 16.5. The highest BCUT2D eigenvalue weighted by molar-refractivity contribution is 5.86. The molecule has 0 bridgehead atoms. The van der Waals surface area contributed by atoms with Crippen LogP contribution in [-0.4, -0.2) is 12.6 Å². The summed E-state index contributed by atoms with van der Waals surface area (Å²) >= 11 is 0. The number of hydrogen-bond acceptors (Lipinski definition) is 2. The summed E-state index contributed by atoms with van der Waals surface area (Å²) in [5, 5.41) is 0. The van der Waals surface area contributed by atoms with E-state index >= 15 is 0 Å². The van der Waals surface area contributed by atoms with Gasteiger partial charge in [0.15, 0.2) is 0 Å². The van der Waals surface area contributed by atoms with E-state index in [9.17, 15) is 4.79 Å². The van der Waals surface area contributed by atoms with Crippen molar-refractivity contribution in [3.63, 3.8) is 0 Å². The van der Waals surface area contributed by atoms with Gasteiger partial charge >= 0.3 is 5.97 Å². The normalized spacial score (nSPS) is 12.1. The van der Waals surface area contributed by atoms with Gasteiger partial charge in [0.25, 0.3) is 0 Å². The smallest absolute Gasteiger partial charge is 0.333 e. The zero-order valence-electron chi connectivity index (χ0n) is 16.0. The Labute approximate surface area is 145 Å². The van der Waals surface area contributed by atoms with Gasteiger partial charge in [-0.15, -0.1) is 0 Å². The number of ether oxygens (including phenoxy) is 1. The summed E-state index contributed by atoms with van der Waals surface area (Å²) in [6, 6.07) is 0. The SMILES string of the molecule is C=C(C)C(=O)OCC(CCCCCC)CCCCCCCCC. The summed E-state index contributed by atoms with van der Waals surface area (Å²) < 4.78 is 5.39. The van der Waals surface area contributed by atoms with E-state index in [1.54, 1.807) is 6.92 Å². The summed E-state index contributed by atoms with van der Waals surface area (Å²) in [5.74, 6) is 0.300. The number of carbonyl (C=O) groups excluding carboxylic acids is 1. The third kappa shape index (κ3) is 14.5. The highest BCUT2D eigenvalue weighted by Crippen LogP contribution is 2.19. The summed E-state index contributed by atoms with van der Waals surface area (Å²) in [6.45, 7) is 10.5. The van der Waals surface area contributed by atoms with Gasteiger partial charge in [0.2, 0.25) is 0 Å². The van der Waals surface area contributed by atoms with Crippen molar-refractivity contribution in [2.24, 2.45) is 5.92 Å². The second kappa shape index (κ2) is 16.1. The lowest BCUT2D eigenvalue weighted by Gasteiger charge is -2.17. The molecule has 0 fully saturated rings. The molecule has 0 saturated heterocycles. The number of unbranched alkanes of at least 4 members (excludes halogenated alkanes) is 9. The van der Waals surface area contributed by atoms with E-state index < -0.39 is 0 Å². The van der Waals surface area contributed by atoms with Crippen LogP contribution < -0.4 is 0 Å². The molecule has 1 atom stereocenters. The highest BCUT2D eigenvalue weighted by Gasteiger charge is 2.12. The maximum absolute atomic E-state index is 11.6. The van der Waals surface area contributed by atoms with Crippen LogP contribution in [0.25, 0.3) is 0 Å². The Hall–Kier alpha value is -0.790. The van der Waals surface area contributed by atoms with Crippen LogP contribution in [0.2, 0.25) is 0 Å². The Morgan fingerprint density at radius 1 is 0.826 bits per heavy atom. The molecule has 0 aliphatic rings. The lowest BCUT2D eigenvalue weighted by molar-refractivity contribution is -0.140. The Bertz CT molecular complexity index is 296. The zero-order chi connectivity index (χ0) is 17.3.